The number of rotatable bonds is 0. The monoisotopic (exact) mass is 316 g/mol. The molecular weight excluding hydrogens is 304 g/mol. The maximum absolute atomic E-state index is 6.20. The molecule has 0 saturated heterocycles. The van der Waals surface area contributed by atoms with Crippen molar-refractivity contribution < 1.29 is 17.7 Å². The minimum atomic E-state index is 0.770. The highest BCUT2D eigenvalue weighted by molar-refractivity contribution is 6.21. The molecule has 2 aromatic carbocycles. The molecule has 0 spiro atoms. The van der Waals surface area contributed by atoms with Gasteiger partial charge in [-0.25, -0.2) is 0 Å². The zero-order chi connectivity index (χ0) is 16.0. The van der Waals surface area contributed by atoms with E-state index in [1.165, 1.54) is 0 Å². The molecule has 4 nitrogen and oxygen atoms in total. The number of aryl methyl sites for hydroxylation is 2. The molecular formula is C20H12O4. The lowest BCUT2D eigenvalue weighted by Gasteiger charge is -1.92. The highest BCUT2D eigenvalue weighted by Crippen LogP contribution is 2.42. The molecule has 0 bridgehead atoms. The average Bonchev–Trinajstić information content (AvgIpc) is 3.25. The lowest BCUT2D eigenvalue weighted by atomic mass is 10.1. The number of furan rings is 4. The molecule has 0 saturated carbocycles. The van der Waals surface area contributed by atoms with Crippen LogP contribution in [0.15, 0.2) is 54.1 Å². The lowest BCUT2D eigenvalue weighted by molar-refractivity contribution is 0.578. The van der Waals surface area contributed by atoms with Crippen LogP contribution in [0.3, 0.4) is 0 Å². The summed E-state index contributed by atoms with van der Waals surface area (Å²) in [5.41, 5.74) is 4.81. The first-order valence-corrected chi connectivity index (χ1v) is 7.86. The van der Waals surface area contributed by atoms with Crippen molar-refractivity contribution in [2.45, 2.75) is 13.8 Å². The standard InChI is InChI=1S/C20H12O4/c1-9-7-13-15(21-9)5-3-11-17(13)23-20-12-4-6-16-14(8-10(2)22-16)18(12)24-19(11)20/h3-8H,1-2H3. The Labute approximate surface area is 135 Å². The fourth-order valence-corrected chi connectivity index (χ4v) is 3.66. The minimum Gasteiger partial charge on any atom is -0.461 e. The van der Waals surface area contributed by atoms with Crippen molar-refractivity contribution in [1.29, 1.82) is 0 Å². The van der Waals surface area contributed by atoms with E-state index in [0.717, 1.165) is 66.6 Å². The molecule has 4 heterocycles. The van der Waals surface area contributed by atoms with Gasteiger partial charge in [-0.15, -0.1) is 0 Å². The number of benzene rings is 2. The van der Waals surface area contributed by atoms with Gasteiger partial charge in [0.1, 0.15) is 33.9 Å². The predicted octanol–water partition coefficient (Wildman–Crippen LogP) is 6.44. The molecule has 0 aliphatic heterocycles. The van der Waals surface area contributed by atoms with Gasteiger partial charge >= 0.3 is 0 Å². The van der Waals surface area contributed by atoms with E-state index in [1.807, 2.05) is 50.2 Å². The molecule has 6 aromatic rings. The van der Waals surface area contributed by atoms with E-state index in [1.54, 1.807) is 0 Å². The molecule has 4 heteroatoms. The van der Waals surface area contributed by atoms with Gasteiger partial charge in [-0.2, -0.15) is 0 Å². The maximum atomic E-state index is 6.20. The second-order valence-electron chi connectivity index (χ2n) is 6.28. The molecule has 24 heavy (non-hydrogen) atoms. The Balaban J connectivity index is 1.85. The van der Waals surface area contributed by atoms with E-state index in [-0.39, 0.29) is 0 Å². The van der Waals surface area contributed by atoms with Crippen LogP contribution in [0.2, 0.25) is 0 Å². The zero-order valence-corrected chi connectivity index (χ0v) is 13.1. The van der Waals surface area contributed by atoms with Crippen LogP contribution < -0.4 is 0 Å². The van der Waals surface area contributed by atoms with E-state index in [9.17, 15) is 0 Å². The summed E-state index contributed by atoms with van der Waals surface area (Å²) in [6.45, 7) is 3.87. The highest BCUT2D eigenvalue weighted by Gasteiger charge is 2.20. The van der Waals surface area contributed by atoms with Crippen molar-refractivity contribution in [1.82, 2.24) is 0 Å². The summed E-state index contributed by atoms with van der Waals surface area (Å²) in [6.07, 6.45) is 0. The Morgan fingerprint density at radius 3 is 1.42 bits per heavy atom. The summed E-state index contributed by atoms with van der Waals surface area (Å²) in [5, 5.41) is 3.88. The van der Waals surface area contributed by atoms with E-state index in [4.69, 9.17) is 17.7 Å². The van der Waals surface area contributed by atoms with E-state index >= 15 is 0 Å². The van der Waals surface area contributed by atoms with Crippen LogP contribution in [0.1, 0.15) is 11.5 Å². The maximum Gasteiger partial charge on any atom is 0.181 e. The normalized spacial score (nSPS) is 12.6. The molecule has 116 valence electrons. The average molecular weight is 316 g/mol. The summed E-state index contributed by atoms with van der Waals surface area (Å²) in [5.74, 6) is 1.73. The fourth-order valence-electron chi connectivity index (χ4n) is 3.66. The van der Waals surface area contributed by atoms with Crippen molar-refractivity contribution >= 4 is 55.0 Å². The number of hydrogen-bond acceptors (Lipinski definition) is 4. The first-order chi connectivity index (χ1) is 11.7. The zero-order valence-electron chi connectivity index (χ0n) is 13.1. The summed E-state index contributed by atoms with van der Waals surface area (Å²) in [6, 6.07) is 11.9. The topological polar surface area (TPSA) is 52.6 Å². The minimum absolute atomic E-state index is 0.770. The summed E-state index contributed by atoms with van der Waals surface area (Å²) in [4.78, 5) is 0. The van der Waals surface area contributed by atoms with Gasteiger partial charge in [0.2, 0.25) is 0 Å². The molecule has 0 aliphatic rings. The largest absolute Gasteiger partial charge is 0.461 e. The van der Waals surface area contributed by atoms with Crippen LogP contribution in [0, 0.1) is 13.8 Å². The van der Waals surface area contributed by atoms with Gasteiger partial charge in [0.25, 0.3) is 0 Å². The first kappa shape index (κ1) is 12.3. The second kappa shape index (κ2) is 3.85. The first-order valence-electron chi connectivity index (χ1n) is 7.86. The molecule has 0 fully saturated rings. The van der Waals surface area contributed by atoms with Crippen molar-refractivity contribution in [3.05, 3.63) is 47.9 Å². The molecule has 0 atom stereocenters. The van der Waals surface area contributed by atoms with E-state index in [0.29, 0.717) is 0 Å². The predicted molar refractivity (Wildman–Crippen MR) is 92.5 cm³/mol. The third kappa shape index (κ3) is 1.35. The molecule has 0 N–H and O–H groups in total. The smallest absolute Gasteiger partial charge is 0.181 e. The van der Waals surface area contributed by atoms with Crippen LogP contribution in [0.5, 0.6) is 0 Å². The van der Waals surface area contributed by atoms with Gasteiger partial charge in [0, 0.05) is 0 Å². The van der Waals surface area contributed by atoms with Gasteiger partial charge in [0.05, 0.1) is 21.5 Å². The Hall–Kier alpha value is -3.14. The third-order valence-corrected chi connectivity index (χ3v) is 4.65. The van der Waals surface area contributed by atoms with Crippen molar-refractivity contribution in [3.8, 4) is 0 Å². The van der Waals surface area contributed by atoms with Crippen molar-refractivity contribution in [3.63, 3.8) is 0 Å². The molecule has 0 radical (unpaired) electrons. The molecule has 0 aliphatic carbocycles. The second-order valence-corrected chi connectivity index (χ2v) is 6.28. The molecule has 4 aromatic heterocycles. The van der Waals surface area contributed by atoms with Crippen LogP contribution in [-0.2, 0) is 0 Å². The van der Waals surface area contributed by atoms with Gasteiger partial charge < -0.3 is 17.7 Å². The Bertz CT molecular complexity index is 1310. The number of hydrogen-bond donors (Lipinski definition) is 0. The summed E-state index contributed by atoms with van der Waals surface area (Å²) in [7, 11) is 0. The van der Waals surface area contributed by atoms with E-state index in [2.05, 4.69) is 0 Å². The molecule has 0 amide bonds. The van der Waals surface area contributed by atoms with Gasteiger partial charge in [0.15, 0.2) is 11.2 Å². The Kier molecular flexibility index (Phi) is 1.97. The fraction of sp³-hybridized carbons (Fsp3) is 0.100. The van der Waals surface area contributed by atoms with Crippen LogP contribution >= 0.6 is 0 Å². The van der Waals surface area contributed by atoms with Crippen LogP contribution in [0.4, 0.5) is 0 Å². The summed E-state index contributed by atoms with van der Waals surface area (Å²) < 4.78 is 23.8. The lowest BCUT2D eigenvalue weighted by Crippen LogP contribution is -1.68. The van der Waals surface area contributed by atoms with Crippen LogP contribution in [-0.4, -0.2) is 0 Å². The quantitative estimate of drug-likeness (QED) is 0.323. The highest BCUT2D eigenvalue weighted by atomic mass is 16.4. The van der Waals surface area contributed by atoms with Crippen LogP contribution in [0.25, 0.3) is 55.0 Å². The van der Waals surface area contributed by atoms with Gasteiger partial charge in [-0.1, -0.05) is 0 Å². The van der Waals surface area contributed by atoms with Crippen molar-refractivity contribution in [2.75, 3.05) is 0 Å². The van der Waals surface area contributed by atoms with E-state index < -0.39 is 0 Å². The van der Waals surface area contributed by atoms with Gasteiger partial charge in [-0.05, 0) is 50.2 Å². The molecule has 0 unspecified atom stereocenters. The third-order valence-electron chi connectivity index (χ3n) is 4.65. The van der Waals surface area contributed by atoms with Crippen molar-refractivity contribution in [2.24, 2.45) is 0 Å². The number of fused-ring (bicyclic) bond motifs is 9. The summed E-state index contributed by atoms with van der Waals surface area (Å²) >= 11 is 0. The Morgan fingerprint density at radius 2 is 0.958 bits per heavy atom. The Morgan fingerprint density at radius 1 is 0.500 bits per heavy atom. The van der Waals surface area contributed by atoms with Gasteiger partial charge in [-0.3, -0.25) is 0 Å². The SMILES string of the molecule is Cc1cc2c(ccc3c2oc2c4ccc5oc(C)cc5c4oc32)o1. The molecule has 6 rings (SSSR count).